The summed E-state index contributed by atoms with van der Waals surface area (Å²) in [7, 11) is 0. The number of hydrogen-bond acceptors (Lipinski definition) is 1. The van der Waals surface area contributed by atoms with Crippen LogP contribution in [0.25, 0.3) is 0 Å². The Morgan fingerprint density at radius 1 is 1.56 bits per heavy atom. The number of rotatable bonds is 0. The van der Waals surface area contributed by atoms with Gasteiger partial charge < -0.3 is 0 Å². The summed E-state index contributed by atoms with van der Waals surface area (Å²) >= 11 is 0. The molecule has 1 aliphatic heterocycles. The molecular formula is C8H13N. The van der Waals surface area contributed by atoms with Crippen LogP contribution < -0.4 is 0 Å². The highest BCUT2D eigenvalue weighted by Gasteiger charge is 1.96. The fourth-order valence-corrected chi connectivity index (χ4v) is 1.01. The second kappa shape index (κ2) is 3.44. The number of hydrogen-bond donors (Lipinski definition) is 0. The van der Waals surface area contributed by atoms with Gasteiger partial charge in [0.1, 0.15) is 0 Å². The standard InChI is InChI=1S/C8H13N/c1-2-8-6-4-3-5-7-9-8/h2,7H,3-6H2,1H3. The van der Waals surface area contributed by atoms with Gasteiger partial charge in [0.05, 0.1) is 0 Å². The molecule has 0 bridgehead atoms. The van der Waals surface area contributed by atoms with Gasteiger partial charge in [-0.1, -0.05) is 6.08 Å². The van der Waals surface area contributed by atoms with Crippen molar-refractivity contribution in [1.82, 2.24) is 0 Å². The monoisotopic (exact) mass is 123 g/mol. The fourth-order valence-electron chi connectivity index (χ4n) is 1.01. The summed E-state index contributed by atoms with van der Waals surface area (Å²) in [5, 5.41) is 0. The van der Waals surface area contributed by atoms with Gasteiger partial charge in [-0.3, -0.25) is 4.99 Å². The number of allylic oxidation sites excluding steroid dienone is 2. The summed E-state index contributed by atoms with van der Waals surface area (Å²) in [5.41, 5.74) is 1.26. The number of aliphatic imine (C=N–C) groups is 1. The van der Waals surface area contributed by atoms with E-state index in [1.807, 2.05) is 6.21 Å². The van der Waals surface area contributed by atoms with Crippen molar-refractivity contribution in [2.24, 2.45) is 4.99 Å². The molecule has 0 fully saturated rings. The van der Waals surface area contributed by atoms with Crippen molar-refractivity contribution in [2.75, 3.05) is 0 Å². The lowest BCUT2D eigenvalue weighted by Gasteiger charge is -1.92. The second-order valence-electron chi connectivity index (χ2n) is 2.34. The molecule has 0 saturated carbocycles. The van der Waals surface area contributed by atoms with Gasteiger partial charge in [-0.05, 0) is 32.6 Å². The van der Waals surface area contributed by atoms with E-state index in [0.29, 0.717) is 0 Å². The van der Waals surface area contributed by atoms with Crippen molar-refractivity contribution in [3.8, 4) is 0 Å². The lowest BCUT2D eigenvalue weighted by atomic mass is 10.2. The Labute approximate surface area is 56.5 Å². The molecule has 50 valence electrons. The summed E-state index contributed by atoms with van der Waals surface area (Å²) in [5.74, 6) is 0. The highest BCUT2D eigenvalue weighted by molar-refractivity contribution is 5.59. The van der Waals surface area contributed by atoms with Crippen LogP contribution in [-0.4, -0.2) is 6.21 Å². The largest absolute Gasteiger partial charge is 0.266 e. The fraction of sp³-hybridized carbons (Fsp3) is 0.625. The van der Waals surface area contributed by atoms with Gasteiger partial charge in [0.15, 0.2) is 0 Å². The molecule has 0 atom stereocenters. The van der Waals surface area contributed by atoms with Crippen molar-refractivity contribution in [3.05, 3.63) is 11.8 Å². The zero-order valence-electron chi connectivity index (χ0n) is 5.93. The Balaban J connectivity index is 2.52. The molecule has 0 aliphatic carbocycles. The minimum Gasteiger partial charge on any atom is -0.266 e. The number of nitrogens with zero attached hydrogens (tertiary/aromatic N) is 1. The van der Waals surface area contributed by atoms with Crippen LogP contribution in [0.1, 0.15) is 32.6 Å². The Morgan fingerprint density at radius 3 is 3.22 bits per heavy atom. The summed E-state index contributed by atoms with van der Waals surface area (Å²) in [6, 6.07) is 0. The van der Waals surface area contributed by atoms with Crippen LogP contribution in [0.3, 0.4) is 0 Å². The van der Waals surface area contributed by atoms with Crippen LogP contribution in [0, 0.1) is 0 Å². The van der Waals surface area contributed by atoms with E-state index in [0.717, 1.165) is 6.42 Å². The highest BCUT2D eigenvalue weighted by Crippen LogP contribution is 2.12. The molecule has 9 heavy (non-hydrogen) atoms. The van der Waals surface area contributed by atoms with E-state index < -0.39 is 0 Å². The normalized spacial score (nSPS) is 24.3. The van der Waals surface area contributed by atoms with Gasteiger partial charge in [0.25, 0.3) is 0 Å². The van der Waals surface area contributed by atoms with Crippen LogP contribution in [0.2, 0.25) is 0 Å². The van der Waals surface area contributed by atoms with Crippen LogP contribution in [0.15, 0.2) is 16.8 Å². The van der Waals surface area contributed by atoms with Crippen LogP contribution in [0.4, 0.5) is 0 Å². The summed E-state index contributed by atoms with van der Waals surface area (Å²) in [6.45, 7) is 2.05. The molecule has 0 spiro atoms. The molecule has 0 saturated heterocycles. The van der Waals surface area contributed by atoms with E-state index in [2.05, 4.69) is 18.0 Å². The maximum atomic E-state index is 4.28. The molecule has 1 heterocycles. The molecule has 0 aromatic heterocycles. The predicted molar refractivity (Wildman–Crippen MR) is 40.7 cm³/mol. The lowest BCUT2D eigenvalue weighted by molar-refractivity contribution is 0.773. The Bertz CT molecular complexity index is 134. The third kappa shape index (κ3) is 2.00. The Kier molecular flexibility index (Phi) is 2.49. The van der Waals surface area contributed by atoms with Gasteiger partial charge in [0, 0.05) is 11.9 Å². The summed E-state index contributed by atoms with van der Waals surface area (Å²) < 4.78 is 0. The topological polar surface area (TPSA) is 12.4 Å². The minimum atomic E-state index is 1.16. The van der Waals surface area contributed by atoms with Crippen LogP contribution in [-0.2, 0) is 0 Å². The highest BCUT2D eigenvalue weighted by atomic mass is 14.7. The summed E-state index contributed by atoms with van der Waals surface area (Å²) in [4.78, 5) is 4.28. The van der Waals surface area contributed by atoms with E-state index in [-0.39, 0.29) is 0 Å². The maximum Gasteiger partial charge on any atom is 0.0357 e. The molecule has 1 aliphatic rings. The zero-order chi connectivity index (χ0) is 6.53. The smallest absolute Gasteiger partial charge is 0.0357 e. The van der Waals surface area contributed by atoms with Crippen molar-refractivity contribution in [3.63, 3.8) is 0 Å². The molecule has 1 nitrogen and oxygen atoms in total. The van der Waals surface area contributed by atoms with Crippen molar-refractivity contribution < 1.29 is 0 Å². The third-order valence-corrected chi connectivity index (χ3v) is 1.61. The predicted octanol–water partition coefficient (Wildman–Crippen LogP) is 2.54. The first-order valence-electron chi connectivity index (χ1n) is 3.61. The van der Waals surface area contributed by atoms with Crippen LogP contribution in [0.5, 0.6) is 0 Å². The van der Waals surface area contributed by atoms with Gasteiger partial charge in [-0.15, -0.1) is 0 Å². The average molecular weight is 123 g/mol. The molecule has 0 radical (unpaired) electrons. The first kappa shape index (κ1) is 6.53. The van der Waals surface area contributed by atoms with E-state index in [4.69, 9.17) is 0 Å². The lowest BCUT2D eigenvalue weighted by Crippen LogP contribution is -1.73. The minimum absolute atomic E-state index is 1.16. The van der Waals surface area contributed by atoms with E-state index in [9.17, 15) is 0 Å². The van der Waals surface area contributed by atoms with Gasteiger partial charge in [0.2, 0.25) is 0 Å². The second-order valence-corrected chi connectivity index (χ2v) is 2.34. The molecule has 0 aromatic carbocycles. The Hall–Kier alpha value is -0.590. The maximum absolute atomic E-state index is 4.28. The van der Waals surface area contributed by atoms with Crippen molar-refractivity contribution in [2.45, 2.75) is 32.6 Å². The van der Waals surface area contributed by atoms with Crippen molar-refractivity contribution >= 4 is 6.21 Å². The van der Waals surface area contributed by atoms with Crippen LogP contribution >= 0.6 is 0 Å². The van der Waals surface area contributed by atoms with Gasteiger partial charge >= 0.3 is 0 Å². The van der Waals surface area contributed by atoms with E-state index in [1.54, 1.807) is 0 Å². The quantitative estimate of drug-likeness (QED) is 0.469. The average Bonchev–Trinajstić information content (AvgIpc) is 2.13. The summed E-state index contributed by atoms with van der Waals surface area (Å²) in [6.07, 6.45) is 9.08. The molecule has 0 aromatic rings. The first-order chi connectivity index (χ1) is 4.43. The van der Waals surface area contributed by atoms with Gasteiger partial charge in [-0.25, -0.2) is 0 Å². The molecule has 1 heteroatoms. The van der Waals surface area contributed by atoms with Crippen molar-refractivity contribution in [1.29, 1.82) is 0 Å². The van der Waals surface area contributed by atoms with E-state index in [1.165, 1.54) is 25.0 Å². The molecular weight excluding hydrogens is 110 g/mol. The molecule has 0 unspecified atom stereocenters. The van der Waals surface area contributed by atoms with Gasteiger partial charge in [-0.2, -0.15) is 0 Å². The third-order valence-electron chi connectivity index (χ3n) is 1.61. The first-order valence-corrected chi connectivity index (χ1v) is 3.61. The SMILES string of the molecule is CC=C1CCCCC=N1. The zero-order valence-corrected chi connectivity index (χ0v) is 5.93. The van der Waals surface area contributed by atoms with E-state index >= 15 is 0 Å². The molecule has 1 rings (SSSR count). The molecule has 0 N–H and O–H groups in total. The Morgan fingerprint density at radius 2 is 2.44 bits per heavy atom. The molecule has 0 amide bonds.